The van der Waals surface area contributed by atoms with E-state index >= 15 is 0 Å². The van der Waals surface area contributed by atoms with Gasteiger partial charge in [-0.15, -0.1) is 0 Å². The van der Waals surface area contributed by atoms with Crippen LogP contribution in [0.4, 0.5) is 0 Å². The van der Waals surface area contributed by atoms with E-state index in [2.05, 4.69) is 20.7 Å². The normalized spacial score (nSPS) is 10.8. The van der Waals surface area contributed by atoms with Gasteiger partial charge in [-0.2, -0.15) is 5.10 Å². The number of rotatable bonds is 8. The summed E-state index contributed by atoms with van der Waals surface area (Å²) in [5.41, 5.74) is 2.18. The molecule has 3 rings (SSSR count). The molecule has 27 heavy (non-hydrogen) atoms. The number of amides is 1. The zero-order chi connectivity index (χ0) is 19.2. The number of carbonyl (C=O) groups is 1. The minimum atomic E-state index is -0.149. The third-order valence-electron chi connectivity index (χ3n) is 4.21. The van der Waals surface area contributed by atoms with Gasteiger partial charge in [-0.3, -0.25) is 4.79 Å². The lowest BCUT2D eigenvalue weighted by Crippen LogP contribution is -2.30. The van der Waals surface area contributed by atoms with Crippen molar-refractivity contribution >= 4 is 16.9 Å². The van der Waals surface area contributed by atoms with Gasteiger partial charge in [0.25, 0.3) is 5.91 Å². The number of likely N-dealkylation sites (N-methyl/N-ethyl adjacent to an activating group) is 1. The molecule has 8 heteroatoms. The fourth-order valence-corrected chi connectivity index (χ4v) is 2.76. The molecule has 0 fully saturated rings. The van der Waals surface area contributed by atoms with E-state index in [1.54, 1.807) is 37.4 Å². The monoisotopic (exact) mass is 369 g/mol. The van der Waals surface area contributed by atoms with Gasteiger partial charge in [0.1, 0.15) is 11.5 Å². The summed E-state index contributed by atoms with van der Waals surface area (Å²) in [6.45, 7) is 1.77. The van der Waals surface area contributed by atoms with E-state index in [9.17, 15) is 4.79 Å². The van der Waals surface area contributed by atoms with E-state index < -0.39 is 0 Å². The molecule has 2 N–H and O–H groups in total. The van der Waals surface area contributed by atoms with Crippen molar-refractivity contribution in [2.24, 2.45) is 0 Å². The van der Waals surface area contributed by atoms with E-state index in [1.807, 2.05) is 25.2 Å². The standard InChI is InChI=1S/C19H23N5O3/c1-20-6-7-21-19(25)15-8-14-11-23-24(18(14)22-10-15)12-13-4-5-16(26-2)9-17(13)27-3/h4-5,8-11,20H,6-7,12H2,1-3H3,(H,21,25). The minimum absolute atomic E-state index is 0.149. The first-order chi connectivity index (χ1) is 13.2. The van der Waals surface area contributed by atoms with Crippen molar-refractivity contribution in [3.05, 3.63) is 47.8 Å². The van der Waals surface area contributed by atoms with E-state index in [0.717, 1.165) is 22.4 Å². The number of pyridine rings is 1. The van der Waals surface area contributed by atoms with Crippen LogP contribution in [0.1, 0.15) is 15.9 Å². The van der Waals surface area contributed by atoms with Crippen LogP contribution in [-0.4, -0.2) is 55.0 Å². The molecule has 1 amide bonds. The predicted molar refractivity (Wildman–Crippen MR) is 102 cm³/mol. The number of hydrogen-bond acceptors (Lipinski definition) is 6. The van der Waals surface area contributed by atoms with Crippen LogP contribution >= 0.6 is 0 Å². The second-order valence-corrected chi connectivity index (χ2v) is 5.98. The molecule has 2 aromatic heterocycles. The molecule has 2 heterocycles. The molecular weight excluding hydrogens is 346 g/mol. The van der Waals surface area contributed by atoms with Crippen LogP contribution < -0.4 is 20.1 Å². The largest absolute Gasteiger partial charge is 0.497 e. The third-order valence-corrected chi connectivity index (χ3v) is 4.21. The zero-order valence-corrected chi connectivity index (χ0v) is 15.7. The smallest absolute Gasteiger partial charge is 0.252 e. The summed E-state index contributed by atoms with van der Waals surface area (Å²) < 4.78 is 12.5. The second kappa shape index (κ2) is 8.50. The summed E-state index contributed by atoms with van der Waals surface area (Å²) in [4.78, 5) is 16.6. The van der Waals surface area contributed by atoms with Crippen molar-refractivity contribution in [3.63, 3.8) is 0 Å². The molecule has 0 aliphatic carbocycles. The second-order valence-electron chi connectivity index (χ2n) is 5.98. The number of hydrogen-bond donors (Lipinski definition) is 2. The van der Waals surface area contributed by atoms with Gasteiger partial charge in [-0.25, -0.2) is 9.67 Å². The molecular formula is C19H23N5O3. The van der Waals surface area contributed by atoms with Gasteiger partial charge < -0.3 is 20.1 Å². The number of ether oxygens (including phenoxy) is 2. The fraction of sp³-hybridized carbons (Fsp3) is 0.316. The molecule has 0 unspecified atom stereocenters. The number of aromatic nitrogens is 3. The first-order valence-electron chi connectivity index (χ1n) is 8.61. The highest BCUT2D eigenvalue weighted by Gasteiger charge is 2.12. The molecule has 3 aromatic rings. The predicted octanol–water partition coefficient (Wildman–Crippen LogP) is 1.45. The average Bonchev–Trinajstić information content (AvgIpc) is 3.10. The van der Waals surface area contributed by atoms with Crippen LogP contribution in [0.5, 0.6) is 11.5 Å². The summed E-state index contributed by atoms with van der Waals surface area (Å²) in [7, 11) is 5.08. The highest BCUT2D eigenvalue weighted by molar-refractivity contribution is 5.96. The molecule has 0 atom stereocenters. The third kappa shape index (κ3) is 4.17. The van der Waals surface area contributed by atoms with Crippen molar-refractivity contribution in [2.75, 3.05) is 34.4 Å². The SMILES string of the molecule is CNCCNC(=O)c1cnc2c(cnn2Cc2ccc(OC)cc2OC)c1. The Kier molecular flexibility index (Phi) is 5.87. The molecule has 0 saturated carbocycles. The van der Waals surface area contributed by atoms with E-state index in [4.69, 9.17) is 9.47 Å². The molecule has 1 aromatic carbocycles. The van der Waals surface area contributed by atoms with Crippen LogP contribution in [-0.2, 0) is 6.54 Å². The van der Waals surface area contributed by atoms with Crippen LogP contribution in [0.2, 0.25) is 0 Å². The summed E-state index contributed by atoms with van der Waals surface area (Å²) in [5, 5.41) is 11.0. The number of nitrogens with zero attached hydrogens (tertiary/aromatic N) is 3. The van der Waals surface area contributed by atoms with E-state index in [1.165, 1.54) is 0 Å². The Labute approximate surface area is 157 Å². The Hall–Kier alpha value is -3.13. The molecule has 0 saturated heterocycles. The maximum absolute atomic E-state index is 12.2. The molecule has 0 aliphatic rings. The van der Waals surface area contributed by atoms with Crippen molar-refractivity contribution in [2.45, 2.75) is 6.54 Å². The number of nitrogens with one attached hydrogen (secondary N) is 2. The van der Waals surface area contributed by atoms with Gasteiger partial charge in [-0.1, -0.05) is 0 Å². The number of benzene rings is 1. The van der Waals surface area contributed by atoms with Gasteiger partial charge in [-0.05, 0) is 25.2 Å². The molecule has 0 spiro atoms. The van der Waals surface area contributed by atoms with Crippen molar-refractivity contribution in [3.8, 4) is 11.5 Å². The van der Waals surface area contributed by atoms with Crippen molar-refractivity contribution in [1.82, 2.24) is 25.4 Å². The van der Waals surface area contributed by atoms with Gasteiger partial charge in [0.2, 0.25) is 0 Å². The topological polar surface area (TPSA) is 90.3 Å². The number of methoxy groups -OCH3 is 2. The van der Waals surface area contributed by atoms with E-state index in [-0.39, 0.29) is 5.91 Å². The maximum atomic E-state index is 12.2. The van der Waals surface area contributed by atoms with Crippen LogP contribution in [0.3, 0.4) is 0 Å². The minimum Gasteiger partial charge on any atom is -0.497 e. The van der Waals surface area contributed by atoms with Crippen LogP contribution in [0, 0.1) is 0 Å². The summed E-state index contributed by atoms with van der Waals surface area (Å²) in [5.74, 6) is 1.30. The lowest BCUT2D eigenvalue weighted by atomic mass is 10.2. The van der Waals surface area contributed by atoms with Crippen LogP contribution in [0.15, 0.2) is 36.7 Å². The molecule has 0 aliphatic heterocycles. The highest BCUT2D eigenvalue weighted by atomic mass is 16.5. The Balaban J connectivity index is 1.82. The van der Waals surface area contributed by atoms with Crippen molar-refractivity contribution in [1.29, 1.82) is 0 Å². The van der Waals surface area contributed by atoms with Gasteiger partial charge >= 0.3 is 0 Å². The molecule has 0 bridgehead atoms. The van der Waals surface area contributed by atoms with Gasteiger partial charge in [0, 0.05) is 36.3 Å². The fourth-order valence-electron chi connectivity index (χ4n) is 2.76. The maximum Gasteiger partial charge on any atom is 0.252 e. The first kappa shape index (κ1) is 18.7. The summed E-state index contributed by atoms with van der Waals surface area (Å²) in [6.07, 6.45) is 3.28. The molecule has 142 valence electrons. The molecule has 0 radical (unpaired) electrons. The Morgan fingerprint density at radius 3 is 2.74 bits per heavy atom. The lowest BCUT2D eigenvalue weighted by molar-refractivity contribution is 0.0954. The van der Waals surface area contributed by atoms with Crippen molar-refractivity contribution < 1.29 is 14.3 Å². The Morgan fingerprint density at radius 2 is 2.00 bits per heavy atom. The Morgan fingerprint density at radius 1 is 1.15 bits per heavy atom. The quantitative estimate of drug-likeness (QED) is 0.584. The zero-order valence-electron chi connectivity index (χ0n) is 15.7. The van der Waals surface area contributed by atoms with Gasteiger partial charge in [0.05, 0.1) is 32.5 Å². The number of carbonyl (C=O) groups excluding carboxylic acids is 1. The first-order valence-corrected chi connectivity index (χ1v) is 8.61. The average molecular weight is 369 g/mol. The van der Waals surface area contributed by atoms with E-state index in [0.29, 0.717) is 30.8 Å². The lowest BCUT2D eigenvalue weighted by Gasteiger charge is -2.11. The highest BCUT2D eigenvalue weighted by Crippen LogP contribution is 2.26. The van der Waals surface area contributed by atoms with Crippen LogP contribution in [0.25, 0.3) is 11.0 Å². The summed E-state index contributed by atoms with van der Waals surface area (Å²) >= 11 is 0. The Bertz CT molecular complexity index is 938. The van der Waals surface area contributed by atoms with Gasteiger partial charge in [0.15, 0.2) is 5.65 Å². The number of fused-ring (bicyclic) bond motifs is 1. The molecule has 8 nitrogen and oxygen atoms in total. The summed E-state index contributed by atoms with van der Waals surface area (Å²) in [6, 6.07) is 7.45.